The Morgan fingerprint density at radius 1 is 1.42 bits per heavy atom. The van der Waals surface area contributed by atoms with Gasteiger partial charge in [-0.25, -0.2) is 4.79 Å². The lowest BCUT2D eigenvalue weighted by Gasteiger charge is -2.37. The molecule has 132 valence electrons. The van der Waals surface area contributed by atoms with E-state index >= 15 is 0 Å². The van der Waals surface area contributed by atoms with Crippen LogP contribution in [-0.4, -0.2) is 48.3 Å². The van der Waals surface area contributed by atoms with Gasteiger partial charge in [0.05, 0.1) is 29.7 Å². The molecule has 0 aliphatic carbocycles. The van der Waals surface area contributed by atoms with E-state index in [4.69, 9.17) is 9.47 Å². The van der Waals surface area contributed by atoms with Gasteiger partial charge in [-0.1, -0.05) is 0 Å². The minimum Gasteiger partial charge on any atom is -0.497 e. The molecule has 1 fully saturated rings. The van der Waals surface area contributed by atoms with E-state index in [1.165, 1.54) is 18.1 Å². The topological polar surface area (TPSA) is 93.9 Å². The molecule has 1 saturated heterocycles. The summed E-state index contributed by atoms with van der Waals surface area (Å²) in [7, 11) is 1.45. The van der Waals surface area contributed by atoms with Crippen LogP contribution in [0.3, 0.4) is 0 Å². The predicted octanol–water partition coefficient (Wildman–Crippen LogP) is 2.48. The van der Waals surface area contributed by atoms with Gasteiger partial charge in [0, 0.05) is 19.6 Å². The minimum atomic E-state index is -0.627. The number of ether oxygens (including phenoxy) is 2. The zero-order valence-corrected chi connectivity index (χ0v) is 14.4. The quantitative estimate of drug-likeness (QED) is 0.673. The summed E-state index contributed by atoms with van der Waals surface area (Å²) < 4.78 is 10.5. The summed E-state index contributed by atoms with van der Waals surface area (Å²) in [5, 5.41) is 14.6. The van der Waals surface area contributed by atoms with Gasteiger partial charge in [-0.05, 0) is 32.9 Å². The summed E-state index contributed by atoms with van der Waals surface area (Å²) in [5.41, 5.74) is -0.242. The van der Waals surface area contributed by atoms with Gasteiger partial charge in [0.2, 0.25) is 0 Å². The fourth-order valence-electron chi connectivity index (χ4n) is 2.61. The molecular formula is C16H23N3O5. The molecule has 1 aliphatic heterocycles. The third-order valence-corrected chi connectivity index (χ3v) is 3.66. The molecule has 1 aliphatic rings. The van der Waals surface area contributed by atoms with Crippen LogP contribution < -0.4 is 10.1 Å². The molecule has 1 N–H and O–H groups in total. The van der Waals surface area contributed by atoms with Gasteiger partial charge >= 0.3 is 6.09 Å². The van der Waals surface area contributed by atoms with Gasteiger partial charge in [0.15, 0.2) is 0 Å². The highest BCUT2D eigenvalue weighted by molar-refractivity contribution is 5.69. The van der Waals surface area contributed by atoms with Crippen LogP contribution in [0.25, 0.3) is 0 Å². The molecule has 1 heterocycles. The highest BCUT2D eigenvalue weighted by Gasteiger charge is 2.35. The second-order valence-electron chi connectivity index (χ2n) is 6.58. The van der Waals surface area contributed by atoms with Crippen molar-refractivity contribution in [2.75, 3.05) is 26.7 Å². The number of nitrogens with one attached hydrogen (secondary N) is 1. The number of amides is 1. The molecule has 1 amide bonds. The average Bonchev–Trinajstić information content (AvgIpc) is 2.52. The third-order valence-electron chi connectivity index (χ3n) is 3.66. The first-order valence-corrected chi connectivity index (χ1v) is 7.75. The Kier molecular flexibility index (Phi) is 5.28. The van der Waals surface area contributed by atoms with Gasteiger partial charge in [-0.15, -0.1) is 0 Å². The van der Waals surface area contributed by atoms with Gasteiger partial charge in [-0.3, -0.25) is 15.0 Å². The van der Waals surface area contributed by atoms with E-state index in [1.807, 2.05) is 0 Å². The van der Waals surface area contributed by atoms with Crippen molar-refractivity contribution in [1.29, 1.82) is 0 Å². The van der Waals surface area contributed by atoms with E-state index in [9.17, 15) is 14.9 Å². The third kappa shape index (κ3) is 4.14. The Bertz CT molecular complexity index is 627. The Morgan fingerprint density at radius 3 is 2.71 bits per heavy atom. The van der Waals surface area contributed by atoms with Crippen LogP contribution in [0.15, 0.2) is 18.2 Å². The Morgan fingerprint density at radius 2 is 2.12 bits per heavy atom. The highest BCUT2D eigenvalue weighted by Crippen LogP contribution is 2.33. The number of rotatable bonds is 3. The maximum absolute atomic E-state index is 12.5. The van der Waals surface area contributed by atoms with Crippen LogP contribution in [0, 0.1) is 10.1 Å². The minimum absolute atomic E-state index is 0.0726. The Balaban J connectivity index is 2.37. The van der Waals surface area contributed by atoms with Crippen LogP contribution in [0.5, 0.6) is 5.75 Å². The molecule has 1 unspecified atom stereocenters. The smallest absolute Gasteiger partial charge is 0.410 e. The van der Waals surface area contributed by atoms with Crippen LogP contribution >= 0.6 is 0 Å². The number of methoxy groups -OCH3 is 1. The number of hydrogen-bond donors (Lipinski definition) is 1. The molecule has 0 radical (unpaired) electrons. The van der Waals surface area contributed by atoms with E-state index in [0.29, 0.717) is 30.9 Å². The number of nitrogens with zero attached hydrogens (tertiary/aromatic N) is 2. The van der Waals surface area contributed by atoms with Crippen molar-refractivity contribution in [2.24, 2.45) is 0 Å². The second kappa shape index (κ2) is 7.04. The maximum atomic E-state index is 12.5. The zero-order chi connectivity index (χ0) is 17.9. The normalized spacial score (nSPS) is 18.2. The molecule has 2 rings (SSSR count). The van der Waals surface area contributed by atoms with Gasteiger partial charge in [0.25, 0.3) is 5.69 Å². The summed E-state index contributed by atoms with van der Waals surface area (Å²) in [6, 6.07) is 4.19. The first-order valence-electron chi connectivity index (χ1n) is 7.75. The molecular weight excluding hydrogens is 314 g/mol. The molecule has 1 atom stereocenters. The zero-order valence-electron chi connectivity index (χ0n) is 14.4. The number of carbonyl (C=O) groups is 1. The molecule has 0 saturated carbocycles. The molecule has 0 spiro atoms. The number of hydrogen-bond acceptors (Lipinski definition) is 6. The fraction of sp³-hybridized carbons (Fsp3) is 0.562. The molecule has 8 nitrogen and oxygen atoms in total. The maximum Gasteiger partial charge on any atom is 0.410 e. The monoisotopic (exact) mass is 337 g/mol. The predicted molar refractivity (Wildman–Crippen MR) is 88.2 cm³/mol. The van der Waals surface area contributed by atoms with Gasteiger partial charge in [0.1, 0.15) is 11.4 Å². The van der Waals surface area contributed by atoms with Crippen molar-refractivity contribution in [3.05, 3.63) is 33.9 Å². The number of carbonyl (C=O) groups excluding carboxylic acids is 1. The van der Waals surface area contributed by atoms with E-state index in [-0.39, 0.29) is 5.69 Å². The van der Waals surface area contributed by atoms with E-state index in [2.05, 4.69) is 5.32 Å². The number of nitro benzene ring substituents is 1. The van der Waals surface area contributed by atoms with Crippen molar-refractivity contribution >= 4 is 11.8 Å². The highest BCUT2D eigenvalue weighted by atomic mass is 16.6. The molecule has 24 heavy (non-hydrogen) atoms. The number of piperazine rings is 1. The summed E-state index contributed by atoms with van der Waals surface area (Å²) in [5.74, 6) is 0.401. The summed E-state index contributed by atoms with van der Waals surface area (Å²) in [6.07, 6.45) is -0.473. The van der Waals surface area contributed by atoms with Crippen LogP contribution in [0.4, 0.5) is 10.5 Å². The van der Waals surface area contributed by atoms with Gasteiger partial charge in [-0.2, -0.15) is 0 Å². The molecule has 8 heteroatoms. The van der Waals surface area contributed by atoms with Crippen molar-refractivity contribution in [3.8, 4) is 5.75 Å². The lowest BCUT2D eigenvalue weighted by atomic mass is 10.0. The Hall–Kier alpha value is -2.35. The molecule has 0 aromatic heterocycles. The average molecular weight is 337 g/mol. The van der Waals surface area contributed by atoms with Crippen molar-refractivity contribution in [1.82, 2.24) is 10.2 Å². The van der Waals surface area contributed by atoms with E-state index < -0.39 is 22.7 Å². The van der Waals surface area contributed by atoms with Gasteiger partial charge < -0.3 is 14.8 Å². The lowest BCUT2D eigenvalue weighted by molar-refractivity contribution is -0.386. The number of nitro groups is 1. The van der Waals surface area contributed by atoms with E-state index in [0.717, 1.165) is 0 Å². The molecule has 1 aromatic rings. The summed E-state index contributed by atoms with van der Waals surface area (Å²) in [4.78, 5) is 25.0. The standard InChI is InChI=1S/C16H23N3O5/c1-16(2,3)24-15(20)18-8-7-17-10-14(18)12-6-5-11(23-4)9-13(12)19(21)22/h5-6,9,14,17H,7-8,10H2,1-4H3. The van der Waals surface area contributed by atoms with Crippen LogP contribution in [-0.2, 0) is 4.74 Å². The largest absolute Gasteiger partial charge is 0.497 e. The summed E-state index contributed by atoms with van der Waals surface area (Å²) in [6.45, 7) is 6.82. The fourth-order valence-corrected chi connectivity index (χ4v) is 2.61. The lowest BCUT2D eigenvalue weighted by Crippen LogP contribution is -2.50. The first-order chi connectivity index (χ1) is 11.2. The summed E-state index contributed by atoms with van der Waals surface area (Å²) >= 11 is 0. The number of benzene rings is 1. The van der Waals surface area contributed by atoms with Crippen LogP contribution in [0.1, 0.15) is 32.4 Å². The van der Waals surface area contributed by atoms with Crippen LogP contribution in [0.2, 0.25) is 0 Å². The van der Waals surface area contributed by atoms with Crippen molar-refractivity contribution < 1.29 is 19.2 Å². The molecule has 0 bridgehead atoms. The van der Waals surface area contributed by atoms with Crippen molar-refractivity contribution in [2.45, 2.75) is 32.4 Å². The Labute approximate surface area is 140 Å². The SMILES string of the molecule is COc1ccc(C2CNCCN2C(=O)OC(C)(C)C)c([N+](=O)[O-])c1. The molecule has 1 aromatic carbocycles. The van der Waals surface area contributed by atoms with Crippen molar-refractivity contribution in [3.63, 3.8) is 0 Å². The second-order valence-corrected chi connectivity index (χ2v) is 6.58. The first kappa shape index (κ1) is 18.0. The van der Waals surface area contributed by atoms with E-state index in [1.54, 1.807) is 32.9 Å².